The Balaban J connectivity index is 0.00000240. The SMILES string of the molecule is CNC(=O)c1ccc(Nc2nc3cccc(-c4cccc(OC)c4)n3n2)cc1.[HH]. The number of methoxy groups -OCH3 is 1. The summed E-state index contributed by atoms with van der Waals surface area (Å²) in [4.78, 5) is 16.2. The van der Waals surface area contributed by atoms with E-state index in [1.165, 1.54) is 0 Å². The van der Waals surface area contributed by atoms with Crippen LogP contribution in [-0.2, 0) is 0 Å². The molecule has 2 heterocycles. The van der Waals surface area contributed by atoms with Crippen LogP contribution >= 0.6 is 0 Å². The zero-order chi connectivity index (χ0) is 19.5. The van der Waals surface area contributed by atoms with Crippen molar-refractivity contribution in [3.8, 4) is 17.0 Å². The molecule has 4 rings (SSSR count). The second kappa shape index (κ2) is 7.40. The number of amides is 1. The molecule has 0 saturated heterocycles. The van der Waals surface area contributed by atoms with Gasteiger partial charge in [-0.25, -0.2) is 4.52 Å². The van der Waals surface area contributed by atoms with Gasteiger partial charge in [-0.15, -0.1) is 5.10 Å². The molecule has 0 aliphatic heterocycles. The molecule has 2 aromatic heterocycles. The van der Waals surface area contributed by atoms with Gasteiger partial charge in [-0.05, 0) is 48.5 Å². The normalized spacial score (nSPS) is 10.6. The first kappa shape index (κ1) is 17.5. The van der Waals surface area contributed by atoms with Gasteiger partial charge in [-0.3, -0.25) is 4.79 Å². The minimum atomic E-state index is -0.125. The van der Waals surface area contributed by atoms with Crippen LogP contribution in [0.3, 0.4) is 0 Å². The third kappa shape index (κ3) is 3.37. The summed E-state index contributed by atoms with van der Waals surface area (Å²) in [6.07, 6.45) is 0. The lowest BCUT2D eigenvalue weighted by Gasteiger charge is -2.06. The molecule has 0 aliphatic carbocycles. The second-order valence-corrected chi connectivity index (χ2v) is 6.13. The summed E-state index contributed by atoms with van der Waals surface area (Å²) in [5.41, 5.74) is 4.01. The third-order valence-electron chi connectivity index (χ3n) is 4.36. The van der Waals surface area contributed by atoms with Crippen molar-refractivity contribution in [3.63, 3.8) is 0 Å². The third-order valence-corrected chi connectivity index (χ3v) is 4.36. The molecule has 142 valence electrons. The first-order chi connectivity index (χ1) is 13.7. The van der Waals surface area contributed by atoms with Gasteiger partial charge in [-0.1, -0.05) is 18.2 Å². The average Bonchev–Trinajstić information content (AvgIpc) is 3.16. The lowest BCUT2D eigenvalue weighted by Crippen LogP contribution is -2.17. The fourth-order valence-corrected chi connectivity index (χ4v) is 2.94. The van der Waals surface area contributed by atoms with E-state index in [0.29, 0.717) is 11.5 Å². The van der Waals surface area contributed by atoms with Crippen LogP contribution in [-0.4, -0.2) is 34.7 Å². The Morgan fingerprint density at radius 1 is 1.07 bits per heavy atom. The summed E-state index contributed by atoms with van der Waals surface area (Å²) in [6, 6.07) is 20.8. The van der Waals surface area contributed by atoms with E-state index in [0.717, 1.165) is 28.3 Å². The molecule has 0 unspecified atom stereocenters. The fraction of sp³-hybridized carbons (Fsp3) is 0.0952. The van der Waals surface area contributed by atoms with E-state index in [4.69, 9.17) is 4.74 Å². The Bertz CT molecular complexity index is 1140. The van der Waals surface area contributed by atoms with Gasteiger partial charge >= 0.3 is 0 Å². The molecule has 2 aromatic carbocycles. The number of anilines is 2. The highest BCUT2D eigenvalue weighted by atomic mass is 16.5. The van der Waals surface area contributed by atoms with Crippen LogP contribution in [0.2, 0.25) is 0 Å². The molecule has 28 heavy (non-hydrogen) atoms. The lowest BCUT2D eigenvalue weighted by molar-refractivity contribution is 0.0963. The lowest BCUT2D eigenvalue weighted by atomic mass is 10.1. The predicted octanol–water partition coefficient (Wildman–Crippen LogP) is 3.75. The maximum absolute atomic E-state index is 11.6. The first-order valence-corrected chi connectivity index (χ1v) is 8.77. The molecule has 4 aromatic rings. The van der Waals surface area contributed by atoms with Crippen LogP contribution in [0.1, 0.15) is 11.8 Å². The van der Waals surface area contributed by atoms with Crippen LogP contribution in [0.5, 0.6) is 5.75 Å². The van der Waals surface area contributed by atoms with E-state index in [1.807, 2.05) is 54.6 Å². The molecule has 7 heteroatoms. The van der Waals surface area contributed by atoms with Crippen molar-refractivity contribution < 1.29 is 11.0 Å². The maximum atomic E-state index is 11.6. The number of fused-ring (bicyclic) bond motifs is 1. The predicted molar refractivity (Wildman–Crippen MR) is 110 cm³/mol. The zero-order valence-corrected chi connectivity index (χ0v) is 15.5. The van der Waals surface area contributed by atoms with Crippen molar-refractivity contribution in [2.24, 2.45) is 0 Å². The minimum Gasteiger partial charge on any atom is -0.497 e. The topological polar surface area (TPSA) is 80.5 Å². The molecule has 2 N–H and O–H groups in total. The van der Waals surface area contributed by atoms with Crippen molar-refractivity contribution in [2.45, 2.75) is 0 Å². The monoisotopic (exact) mass is 375 g/mol. The number of rotatable bonds is 5. The van der Waals surface area contributed by atoms with E-state index in [1.54, 1.807) is 30.8 Å². The van der Waals surface area contributed by atoms with Gasteiger partial charge in [0.05, 0.1) is 12.8 Å². The highest BCUT2D eigenvalue weighted by Gasteiger charge is 2.10. The van der Waals surface area contributed by atoms with Crippen molar-refractivity contribution in [2.75, 3.05) is 19.5 Å². The number of aromatic nitrogens is 3. The van der Waals surface area contributed by atoms with Gasteiger partial charge in [-0.2, -0.15) is 4.98 Å². The standard InChI is InChI=1S/C21H19N5O2.H2/c1-22-20(27)14-9-11-16(12-10-14)23-21-24-19-8-4-7-18(26(19)25-21)15-5-3-6-17(13-15)28-2;/h3-13H,1-2H3,(H,22,27)(H,23,25);1H. The van der Waals surface area contributed by atoms with Crippen LogP contribution in [0.25, 0.3) is 16.9 Å². The highest BCUT2D eigenvalue weighted by molar-refractivity contribution is 5.94. The highest BCUT2D eigenvalue weighted by Crippen LogP contribution is 2.25. The largest absolute Gasteiger partial charge is 0.497 e. The number of carbonyl (C=O) groups is 1. The van der Waals surface area contributed by atoms with Crippen LogP contribution in [0.4, 0.5) is 11.6 Å². The summed E-state index contributed by atoms with van der Waals surface area (Å²) in [5, 5.41) is 10.4. The molecule has 0 aliphatic rings. The van der Waals surface area contributed by atoms with Crippen molar-refractivity contribution in [3.05, 3.63) is 72.3 Å². The number of ether oxygens (including phenoxy) is 1. The number of nitrogens with zero attached hydrogens (tertiary/aromatic N) is 3. The molecule has 0 fully saturated rings. The van der Waals surface area contributed by atoms with Gasteiger partial charge in [0, 0.05) is 25.3 Å². The van der Waals surface area contributed by atoms with Gasteiger partial charge < -0.3 is 15.4 Å². The number of hydrogen-bond donors (Lipinski definition) is 2. The smallest absolute Gasteiger partial charge is 0.251 e. The Morgan fingerprint density at radius 3 is 2.61 bits per heavy atom. The number of nitrogens with one attached hydrogen (secondary N) is 2. The van der Waals surface area contributed by atoms with E-state index < -0.39 is 0 Å². The van der Waals surface area contributed by atoms with Crippen molar-refractivity contribution in [1.82, 2.24) is 19.9 Å². The average molecular weight is 375 g/mol. The van der Waals surface area contributed by atoms with Crippen LogP contribution in [0, 0.1) is 0 Å². The first-order valence-electron chi connectivity index (χ1n) is 8.77. The maximum Gasteiger partial charge on any atom is 0.251 e. The summed E-state index contributed by atoms with van der Waals surface area (Å²) in [7, 11) is 3.25. The molecule has 1 amide bonds. The van der Waals surface area contributed by atoms with E-state index in [2.05, 4.69) is 20.7 Å². The molecule has 7 nitrogen and oxygen atoms in total. The number of benzene rings is 2. The summed E-state index contributed by atoms with van der Waals surface area (Å²) in [6.45, 7) is 0. The van der Waals surface area contributed by atoms with Gasteiger partial charge in [0.15, 0.2) is 5.65 Å². The van der Waals surface area contributed by atoms with Crippen LogP contribution in [0.15, 0.2) is 66.7 Å². The summed E-state index contributed by atoms with van der Waals surface area (Å²) in [5.74, 6) is 1.13. The number of pyridine rings is 1. The Labute approximate surface area is 163 Å². The van der Waals surface area contributed by atoms with E-state index >= 15 is 0 Å². The minimum absolute atomic E-state index is 0. The molecule has 0 spiro atoms. The molecule has 0 radical (unpaired) electrons. The Morgan fingerprint density at radius 2 is 1.86 bits per heavy atom. The van der Waals surface area contributed by atoms with Gasteiger partial charge in [0.25, 0.3) is 5.91 Å². The van der Waals surface area contributed by atoms with E-state index in [-0.39, 0.29) is 7.33 Å². The molecular weight excluding hydrogens is 354 g/mol. The number of carbonyl (C=O) groups excluding carboxylic acids is 1. The molecule has 0 atom stereocenters. The Hall–Kier alpha value is -3.87. The van der Waals surface area contributed by atoms with Crippen LogP contribution < -0.4 is 15.4 Å². The Kier molecular flexibility index (Phi) is 4.63. The molecule has 0 bridgehead atoms. The van der Waals surface area contributed by atoms with Gasteiger partial charge in [0.2, 0.25) is 5.95 Å². The van der Waals surface area contributed by atoms with Gasteiger partial charge in [0.1, 0.15) is 5.75 Å². The summed E-state index contributed by atoms with van der Waals surface area (Å²) < 4.78 is 7.11. The molecular formula is C21H21N5O2. The fourth-order valence-electron chi connectivity index (χ4n) is 2.94. The van der Waals surface area contributed by atoms with E-state index in [9.17, 15) is 4.79 Å². The molecule has 0 saturated carbocycles. The quantitative estimate of drug-likeness (QED) is 0.555. The summed E-state index contributed by atoms with van der Waals surface area (Å²) >= 11 is 0. The second-order valence-electron chi connectivity index (χ2n) is 6.13. The van der Waals surface area contributed by atoms with Crippen molar-refractivity contribution in [1.29, 1.82) is 0 Å². The van der Waals surface area contributed by atoms with Crippen molar-refractivity contribution >= 4 is 23.2 Å². The number of hydrogen-bond acceptors (Lipinski definition) is 5. The zero-order valence-electron chi connectivity index (χ0n) is 15.5.